The van der Waals surface area contributed by atoms with Crippen LogP contribution in [0.25, 0.3) is 0 Å². The molecule has 0 bridgehead atoms. The average molecular weight is 327 g/mol. The molecule has 1 aromatic heterocycles. The van der Waals surface area contributed by atoms with Crippen LogP contribution in [0.4, 0.5) is 0 Å². The van der Waals surface area contributed by atoms with Gasteiger partial charge in [0.25, 0.3) is 5.91 Å². The van der Waals surface area contributed by atoms with E-state index in [2.05, 4.69) is 5.32 Å². The molecule has 0 radical (unpaired) electrons. The third-order valence-electron chi connectivity index (χ3n) is 3.80. The number of nitrogens with one attached hydrogen (secondary N) is 1. The number of pyridine rings is 1. The lowest BCUT2D eigenvalue weighted by molar-refractivity contribution is -0.711. The van der Waals surface area contributed by atoms with Gasteiger partial charge in [-0.15, -0.1) is 0 Å². The maximum absolute atomic E-state index is 12.5. The highest BCUT2D eigenvalue weighted by Crippen LogP contribution is 2.36. The molecule has 2 atom stereocenters. The quantitative estimate of drug-likeness (QED) is 0.832. The number of benzene rings is 1. The summed E-state index contributed by atoms with van der Waals surface area (Å²) in [6.45, 7) is 0. The Balaban J connectivity index is 2.18. The van der Waals surface area contributed by atoms with Gasteiger partial charge in [-0.3, -0.25) is 10.1 Å². The zero-order valence-corrected chi connectivity index (χ0v) is 12.7. The van der Waals surface area contributed by atoms with Gasteiger partial charge in [-0.05, 0) is 17.7 Å². The first kappa shape index (κ1) is 15.1. The second-order valence-electron chi connectivity index (χ2n) is 5.16. The van der Waals surface area contributed by atoms with Gasteiger partial charge in [-0.1, -0.05) is 29.8 Å². The number of allylic oxidation sites excluding steroid dienone is 1. The Labute approximate surface area is 138 Å². The van der Waals surface area contributed by atoms with Gasteiger partial charge in [-0.25, -0.2) is 0 Å². The van der Waals surface area contributed by atoms with Gasteiger partial charge in [0.05, 0.1) is 5.92 Å². The highest BCUT2D eigenvalue weighted by Gasteiger charge is 2.45. The van der Waals surface area contributed by atoms with Crippen LogP contribution in [0.15, 0.2) is 66.3 Å². The van der Waals surface area contributed by atoms with Gasteiger partial charge < -0.3 is 5.11 Å². The molecule has 0 aliphatic carbocycles. The predicted molar refractivity (Wildman–Crippen MR) is 83.3 cm³/mol. The molecule has 114 valence electrons. The van der Waals surface area contributed by atoms with Crippen molar-refractivity contribution in [3.8, 4) is 6.07 Å². The van der Waals surface area contributed by atoms with E-state index in [0.29, 0.717) is 5.02 Å². The molecule has 2 heterocycles. The number of nitrogens with zero attached hydrogens (tertiary/aromatic N) is 2. The summed E-state index contributed by atoms with van der Waals surface area (Å²) in [6.07, 6.45) is 3.51. The van der Waals surface area contributed by atoms with Crippen LogP contribution in [0.5, 0.6) is 0 Å². The van der Waals surface area contributed by atoms with Crippen LogP contribution in [0, 0.1) is 11.3 Å². The van der Waals surface area contributed by atoms with Crippen LogP contribution >= 0.6 is 11.6 Å². The van der Waals surface area contributed by atoms with Crippen LogP contribution in [0.2, 0.25) is 5.02 Å². The Morgan fingerprint density at radius 1 is 1.17 bits per heavy atom. The van der Waals surface area contributed by atoms with Gasteiger partial charge in [0, 0.05) is 17.2 Å². The molecule has 23 heavy (non-hydrogen) atoms. The Bertz CT molecular complexity index is 810. The zero-order valence-electron chi connectivity index (χ0n) is 12.0. The van der Waals surface area contributed by atoms with Gasteiger partial charge in [0.1, 0.15) is 11.6 Å². The molecule has 3 rings (SSSR count). The number of halogens is 1. The fourth-order valence-electron chi connectivity index (χ4n) is 2.76. The maximum atomic E-state index is 12.5. The average Bonchev–Trinajstić information content (AvgIpc) is 2.56. The largest absolute Gasteiger partial charge is 0.494 e. The number of aliphatic hydroxyl groups is 1. The van der Waals surface area contributed by atoms with Crippen molar-refractivity contribution in [2.45, 2.75) is 12.0 Å². The molecule has 1 aliphatic rings. The van der Waals surface area contributed by atoms with Gasteiger partial charge in [-0.2, -0.15) is 9.83 Å². The molecule has 5 nitrogen and oxygen atoms in total. The molecule has 1 aromatic carbocycles. The number of amides is 1. The van der Waals surface area contributed by atoms with E-state index in [-0.39, 0.29) is 11.5 Å². The minimum Gasteiger partial charge on any atom is -0.494 e. The Kier molecular flexibility index (Phi) is 4.00. The number of rotatable bonds is 2. The van der Waals surface area contributed by atoms with Crippen LogP contribution in [-0.4, -0.2) is 11.0 Å². The lowest BCUT2D eigenvalue weighted by atomic mass is 9.82. The van der Waals surface area contributed by atoms with Crippen molar-refractivity contribution < 1.29 is 14.5 Å². The minimum atomic E-state index is -0.678. The fraction of sp³-hybridized carbons (Fsp3) is 0.118. The van der Waals surface area contributed by atoms with E-state index in [1.165, 1.54) is 0 Å². The van der Waals surface area contributed by atoms with Crippen LogP contribution in [0.3, 0.4) is 0 Å². The Morgan fingerprint density at radius 2 is 1.83 bits per heavy atom. The minimum absolute atomic E-state index is 0.119. The molecule has 0 spiro atoms. The summed E-state index contributed by atoms with van der Waals surface area (Å²) < 4.78 is 1.72. The Morgan fingerprint density at radius 3 is 2.43 bits per heavy atom. The summed E-state index contributed by atoms with van der Waals surface area (Å²) in [5, 5.41) is 22.4. The molecule has 0 unspecified atom stereocenters. The van der Waals surface area contributed by atoms with Crippen molar-refractivity contribution in [2.24, 2.45) is 0 Å². The maximum Gasteiger partial charge on any atom is 0.296 e. The van der Waals surface area contributed by atoms with Crippen LogP contribution < -0.4 is 9.88 Å². The van der Waals surface area contributed by atoms with E-state index in [1.54, 1.807) is 53.4 Å². The number of hydrogen-bond acceptors (Lipinski definition) is 3. The number of aliphatic hydroxyl groups excluding tert-OH is 1. The molecular formula is C17H13ClN3O2+. The molecule has 0 fully saturated rings. The van der Waals surface area contributed by atoms with Crippen molar-refractivity contribution in [3.63, 3.8) is 0 Å². The lowest BCUT2D eigenvalue weighted by Crippen LogP contribution is -2.53. The zero-order chi connectivity index (χ0) is 16.4. The normalized spacial score (nSPS) is 20.8. The molecule has 0 saturated carbocycles. The monoisotopic (exact) mass is 326 g/mol. The molecule has 0 saturated heterocycles. The van der Waals surface area contributed by atoms with Crippen LogP contribution in [-0.2, 0) is 4.79 Å². The standard InChI is InChI=1S/C17H12ClN3O2/c18-12-6-4-11(5-7-12)14-13(10-19)16(22)20-17(23)15(14)21-8-2-1-3-9-21/h1-9,14-15H,(H-,20,22,23)/p+1/t14-,15+/m0/s1. The van der Waals surface area contributed by atoms with Crippen molar-refractivity contribution in [1.29, 1.82) is 5.26 Å². The highest BCUT2D eigenvalue weighted by molar-refractivity contribution is 6.30. The molecule has 6 heteroatoms. The molecule has 2 N–H and O–H groups in total. The third-order valence-corrected chi connectivity index (χ3v) is 4.05. The summed E-state index contributed by atoms with van der Waals surface area (Å²) in [5.74, 6) is -1.37. The molecular weight excluding hydrogens is 314 g/mol. The Hall–Kier alpha value is -2.84. The predicted octanol–water partition coefficient (Wildman–Crippen LogP) is 2.38. The molecule has 1 amide bonds. The third kappa shape index (κ3) is 2.77. The van der Waals surface area contributed by atoms with Crippen molar-refractivity contribution in [1.82, 2.24) is 5.32 Å². The highest BCUT2D eigenvalue weighted by atomic mass is 35.5. The van der Waals surface area contributed by atoms with Crippen molar-refractivity contribution in [2.75, 3.05) is 0 Å². The first-order chi connectivity index (χ1) is 11.1. The van der Waals surface area contributed by atoms with E-state index >= 15 is 0 Å². The van der Waals surface area contributed by atoms with Gasteiger partial charge in [0.15, 0.2) is 12.4 Å². The van der Waals surface area contributed by atoms with Gasteiger partial charge >= 0.3 is 0 Å². The number of carbonyl (C=O) groups is 1. The van der Waals surface area contributed by atoms with Crippen LogP contribution in [0.1, 0.15) is 17.5 Å². The van der Waals surface area contributed by atoms with Crippen molar-refractivity contribution >= 4 is 17.5 Å². The van der Waals surface area contributed by atoms with E-state index in [0.717, 1.165) is 5.56 Å². The van der Waals surface area contributed by atoms with Gasteiger partial charge in [0.2, 0.25) is 11.9 Å². The summed E-state index contributed by atoms with van der Waals surface area (Å²) >= 11 is 5.92. The van der Waals surface area contributed by atoms with E-state index < -0.39 is 17.8 Å². The summed E-state index contributed by atoms with van der Waals surface area (Å²) in [4.78, 5) is 12.5. The second kappa shape index (κ2) is 6.11. The summed E-state index contributed by atoms with van der Waals surface area (Å²) in [6, 6.07) is 13.7. The first-order valence-electron chi connectivity index (χ1n) is 6.97. The van der Waals surface area contributed by atoms with E-state index in [9.17, 15) is 15.2 Å². The summed E-state index contributed by atoms with van der Waals surface area (Å²) in [5.41, 5.74) is 0.849. The number of hydrogen-bond donors (Lipinski definition) is 2. The topological polar surface area (TPSA) is 77.0 Å². The lowest BCUT2D eigenvalue weighted by Gasteiger charge is -2.27. The number of aromatic nitrogens is 1. The fourth-order valence-corrected chi connectivity index (χ4v) is 2.89. The first-order valence-corrected chi connectivity index (χ1v) is 7.35. The molecule has 2 aromatic rings. The van der Waals surface area contributed by atoms with E-state index in [1.807, 2.05) is 12.1 Å². The number of carbonyl (C=O) groups excluding carboxylic acids is 1. The van der Waals surface area contributed by atoms with E-state index in [4.69, 9.17) is 11.6 Å². The second-order valence-corrected chi connectivity index (χ2v) is 5.60. The molecule has 1 aliphatic heterocycles. The smallest absolute Gasteiger partial charge is 0.296 e. The summed E-state index contributed by atoms with van der Waals surface area (Å²) in [7, 11) is 0. The van der Waals surface area contributed by atoms with Crippen molar-refractivity contribution in [3.05, 3.63) is 76.9 Å². The number of nitriles is 1. The SMILES string of the molecule is N#CC1=C(O)NC(=O)[C@H]([n+]2ccccc2)[C@H]1c1ccc(Cl)cc1.